The monoisotopic (exact) mass is 349 g/mol. The number of thioether (sulfide) groups is 1. The highest BCUT2D eigenvalue weighted by Gasteiger charge is 2.53. The van der Waals surface area contributed by atoms with Gasteiger partial charge < -0.3 is 10.0 Å². The van der Waals surface area contributed by atoms with Crippen molar-refractivity contribution < 1.29 is 9.50 Å². The Morgan fingerprint density at radius 1 is 1.12 bits per heavy atom. The molecule has 1 unspecified atom stereocenters. The van der Waals surface area contributed by atoms with E-state index in [2.05, 4.69) is 24.4 Å². The lowest BCUT2D eigenvalue weighted by atomic mass is 9.72. The zero-order valence-electron chi connectivity index (χ0n) is 14.7. The van der Waals surface area contributed by atoms with Crippen LogP contribution in [0.1, 0.15) is 44.1 Å². The molecule has 24 heavy (non-hydrogen) atoms. The lowest BCUT2D eigenvalue weighted by Crippen LogP contribution is -2.56. The molecule has 4 heteroatoms. The van der Waals surface area contributed by atoms with Crippen LogP contribution in [0.25, 0.3) is 0 Å². The van der Waals surface area contributed by atoms with Crippen molar-refractivity contribution in [1.29, 1.82) is 0 Å². The van der Waals surface area contributed by atoms with Crippen molar-refractivity contribution in [3.05, 3.63) is 46.6 Å². The summed E-state index contributed by atoms with van der Waals surface area (Å²) < 4.78 is 13.0. The Labute approximate surface area is 149 Å². The van der Waals surface area contributed by atoms with Gasteiger partial charge in [0, 0.05) is 6.54 Å². The molecule has 1 aromatic rings. The molecule has 3 rings (SSSR count). The summed E-state index contributed by atoms with van der Waals surface area (Å²) in [5.41, 5.74) is 1.91. The van der Waals surface area contributed by atoms with E-state index in [1.807, 2.05) is 23.9 Å². The van der Waals surface area contributed by atoms with Crippen LogP contribution in [0.3, 0.4) is 0 Å². The fourth-order valence-electron chi connectivity index (χ4n) is 4.23. The topological polar surface area (TPSA) is 23.5 Å². The molecule has 2 nitrogen and oxygen atoms in total. The van der Waals surface area contributed by atoms with Gasteiger partial charge in [-0.2, -0.15) is 0 Å². The maximum absolute atomic E-state index is 13.1. The number of benzene rings is 1. The molecule has 0 amide bonds. The molecular weight excluding hydrogens is 321 g/mol. The first-order chi connectivity index (χ1) is 11.4. The second kappa shape index (κ2) is 7.19. The second-order valence-corrected chi connectivity index (χ2v) is 8.95. The van der Waals surface area contributed by atoms with Gasteiger partial charge >= 0.3 is 0 Å². The van der Waals surface area contributed by atoms with Gasteiger partial charge in [0.25, 0.3) is 0 Å². The van der Waals surface area contributed by atoms with Crippen molar-refractivity contribution in [3.8, 4) is 0 Å². The number of aliphatic hydroxyl groups is 1. The molecule has 0 aromatic heterocycles. The average molecular weight is 350 g/mol. The van der Waals surface area contributed by atoms with Crippen LogP contribution < -0.4 is 0 Å². The normalized spacial score (nSPS) is 26.6. The van der Waals surface area contributed by atoms with Gasteiger partial charge in [0.05, 0.1) is 10.3 Å². The minimum Gasteiger partial charge on any atom is -0.388 e. The van der Waals surface area contributed by atoms with Crippen molar-refractivity contribution in [2.45, 2.75) is 55.3 Å². The zero-order chi connectivity index (χ0) is 17.2. The van der Waals surface area contributed by atoms with Crippen molar-refractivity contribution in [1.82, 2.24) is 4.90 Å². The molecule has 1 aliphatic heterocycles. The van der Waals surface area contributed by atoms with E-state index in [-0.39, 0.29) is 10.6 Å². The average Bonchev–Trinajstić information content (AvgIpc) is 2.94. The van der Waals surface area contributed by atoms with E-state index in [0.717, 1.165) is 50.6 Å². The van der Waals surface area contributed by atoms with E-state index < -0.39 is 5.60 Å². The number of hydrogen-bond acceptors (Lipinski definition) is 3. The molecule has 1 saturated carbocycles. The molecule has 0 radical (unpaired) electrons. The fraction of sp³-hybridized carbons (Fsp3) is 0.600. The van der Waals surface area contributed by atoms with Gasteiger partial charge in [-0.3, -0.25) is 0 Å². The minimum absolute atomic E-state index is 0.147. The van der Waals surface area contributed by atoms with Crippen LogP contribution in [0.4, 0.5) is 4.39 Å². The summed E-state index contributed by atoms with van der Waals surface area (Å²) in [4.78, 5) is 2.20. The smallest absolute Gasteiger partial charge is 0.123 e. The van der Waals surface area contributed by atoms with Gasteiger partial charge in [0.2, 0.25) is 0 Å². The van der Waals surface area contributed by atoms with Crippen molar-refractivity contribution in [3.63, 3.8) is 0 Å². The van der Waals surface area contributed by atoms with Crippen LogP contribution in [0, 0.1) is 5.82 Å². The third kappa shape index (κ3) is 3.71. The molecule has 0 spiro atoms. The number of nitrogens with zero attached hydrogens (tertiary/aromatic N) is 1. The lowest BCUT2D eigenvalue weighted by Gasteiger charge is -2.48. The van der Waals surface area contributed by atoms with E-state index in [4.69, 9.17) is 0 Å². The quantitative estimate of drug-likeness (QED) is 0.853. The van der Waals surface area contributed by atoms with E-state index in [0.29, 0.717) is 0 Å². The molecular formula is C20H28FNOS. The summed E-state index contributed by atoms with van der Waals surface area (Å²) in [7, 11) is 4.18. The maximum atomic E-state index is 13.1. The zero-order valence-corrected chi connectivity index (χ0v) is 15.5. The number of rotatable bonds is 5. The molecule has 0 bridgehead atoms. The SMILES string of the molecule is CN(C)CC1(C2(O)CCCCC2)CC(Cc2ccc(F)cc2)=CS1. The standard InChI is InChI=1S/C20H28FNOS/c1-22(2)15-20(19(23)10-4-3-5-11-19)13-17(14-24-20)12-16-6-8-18(21)9-7-16/h6-9,14,23H,3-5,10-13,15H2,1-2H3. The first kappa shape index (κ1) is 18.0. The summed E-state index contributed by atoms with van der Waals surface area (Å²) in [6.07, 6.45) is 7.07. The van der Waals surface area contributed by atoms with E-state index >= 15 is 0 Å². The van der Waals surface area contributed by atoms with Gasteiger partial charge in [-0.1, -0.05) is 37.0 Å². The molecule has 1 aliphatic carbocycles. The molecule has 1 N–H and O–H groups in total. The summed E-state index contributed by atoms with van der Waals surface area (Å²) in [6.45, 7) is 0.886. The summed E-state index contributed by atoms with van der Waals surface area (Å²) in [5, 5.41) is 13.7. The molecule has 132 valence electrons. The molecule has 1 fully saturated rings. The van der Waals surface area contributed by atoms with Gasteiger partial charge in [0.1, 0.15) is 5.82 Å². The third-order valence-electron chi connectivity index (χ3n) is 5.41. The summed E-state index contributed by atoms with van der Waals surface area (Å²) >= 11 is 1.83. The number of halogens is 1. The second-order valence-electron chi connectivity index (χ2n) is 7.70. The molecule has 2 aliphatic rings. The Morgan fingerprint density at radius 3 is 2.42 bits per heavy atom. The molecule has 1 heterocycles. The van der Waals surface area contributed by atoms with E-state index in [1.54, 1.807) is 0 Å². The Kier molecular flexibility index (Phi) is 5.38. The highest BCUT2D eigenvalue weighted by molar-refractivity contribution is 8.03. The predicted octanol–water partition coefficient (Wildman–Crippen LogP) is 4.38. The fourth-order valence-corrected chi connectivity index (χ4v) is 5.82. The first-order valence-corrected chi connectivity index (χ1v) is 9.78. The van der Waals surface area contributed by atoms with Crippen LogP contribution in [0.15, 0.2) is 35.2 Å². The predicted molar refractivity (Wildman–Crippen MR) is 99.7 cm³/mol. The molecule has 0 saturated heterocycles. The van der Waals surface area contributed by atoms with Crippen LogP contribution in [-0.4, -0.2) is 41.0 Å². The van der Waals surface area contributed by atoms with Gasteiger partial charge in [0.15, 0.2) is 0 Å². The Morgan fingerprint density at radius 2 is 1.79 bits per heavy atom. The largest absolute Gasteiger partial charge is 0.388 e. The van der Waals surface area contributed by atoms with Crippen LogP contribution in [0.2, 0.25) is 0 Å². The number of allylic oxidation sites excluding steroid dienone is 1. The van der Waals surface area contributed by atoms with Crippen LogP contribution >= 0.6 is 11.8 Å². The van der Waals surface area contributed by atoms with Crippen molar-refractivity contribution in [2.75, 3.05) is 20.6 Å². The minimum atomic E-state index is -0.582. The Balaban J connectivity index is 1.76. The summed E-state index contributed by atoms with van der Waals surface area (Å²) in [6, 6.07) is 6.78. The van der Waals surface area contributed by atoms with Crippen molar-refractivity contribution >= 4 is 11.8 Å². The highest BCUT2D eigenvalue weighted by Crippen LogP contribution is 2.53. The van der Waals surface area contributed by atoms with Crippen LogP contribution in [0.5, 0.6) is 0 Å². The van der Waals surface area contributed by atoms with Gasteiger partial charge in [-0.15, -0.1) is 11.8 Å². The Hall–Kier alpha value is -0.840. The summed E-state index contributed by atoms with van der Waals surface area (Å²) in [5.74, 6) is -0.188. The Bertz CT molecular complexity index is 592. The number of hydrogen-bond donors (Lipinski definition) is 1. The maximum Gasteiger partial charge on any atom is 0.123 e. The van der Waals surface area contributed by atoms with Crippen LogP contribution in [-0.2, 0) is 6.42 Å². The first-order valence-electron chi connectivity index (χ1n) is 8.90. The molecule has 1 aromatic carbocycles. The van der Waals surface area contributed by atoms with E-state index in [9.17, 15) is 9.50 Å². The van der Waals surface area contributed by atoms with Gasteiger partial charge in [-0.05, 0) is 62.9 Å². The van der Waals surface area contributed by atoms with Gasteiger partial charge in [-0.25, -0.2) is 4.39 Å². The highest BCUT2D eigenvalue weighted by atomic mass is 32.2. The third-order valence-corrected chi connectivity index (χ3v) is 6.96. The van der Waals surface area contributed by atoms with Crippen molar-refractivity contribution in [2.24, 2.45) is 0 Å². The lowest BCUT2D eigenvalue weighted by molar-refractivity contribution is -0.0382. The van der Waals surface area contributed by atoms with E-state index in [1.165, 1.54) is 24.1 Å². The molecule has 1 atom stereocenters.